The van der Waals surface area contributed by atoms with Crippen LogP contribution in [-0.2, 0) is 9.59 Å². The Morgan fingerprint density at radius 3 is 2.85 bits per heavy atom. The van der Waals surface area contributed by atoms with Gasteiger partial charge in [-0.3, -0.25) is 9.59 Å². The Bertz CT molecular complexity index is 965. The van der Waals surface area contributed by atoms with Gasteiger partial charge >= 0.3 is 0 Å². The minimum Gasteiger partial charge on any atom is -0.312 e. The number of nitrogens with one attached hydrogen (secondary N) is 1. The fraction of sp³-hybridized carbons (Fsp3) is 0.250. The van der Waals surface area contributed by atoms with Crippen molar-refractivity contribution in [2.45, 2.75) is 25.7 Å². The molecule has 1 N–H and O–H groups in total. The number of fused-ring (bicyclic) bond motifs is 1. The molecule has 2 amide bonds. The highest BCUT2D eigenvalue weighted by Gasteiger charge is 2.30. The monoisotopic (exact) mass is 397 g/mol. The number of carbonyl (C=O) groups is 2. The first kappa shape index (κ1) is 17.9. The van der Waals surface area contributed by atoms with Crippen molar-refractivity contribution in [3.63, 3.8) is 0 Å². The maximum Gasteiger partial charge on any atom is 0.226 e. The SMILES string of the molecule is CC(=O)N1CC(CCC(=O)Nc2nc(-c3cccs3)cs2)c2ccccc21. The summed E-state index contributed by atoms with van der Waals surface area (Å²) in [5.74, 6) is 0.188. The number of carbonyl (C=O) groups excluding carboxylic acids is 2. The van der Waals surface area contributed by atoms with Gasteiger partial charge in [-0.25, -0.2) is 4.98 Å². The number of para-hydroxylation sites is 1. The second-order valence-electron chi connectivity index (χ2n) is 6.49. The number of rotatable bonds is 5. The Balaban J connectivity index is 1.37. The summed E-state index contributed by atoms with van der Waals surface area (Å²) in [6.45, 7) is 2.22. The van der Waals surface area contributed by atoms with Gasteiger partial charge in [-0.15, -0.1) is 22.7 Å². The van der Waals surface area contributed by atoms with E-state index in [1.807, 2.05) is 41.1 Å². The molecular weight excluding hydrogens is 378 g/mol. The van der Waals surface area contributed by atoms with E-state index in [0.29, 0.717) is 24.5 Å². The van der Waals surface area contributed by atoms with Gasteiger partial charge in [0.1, 0.15) is 0 Å². The highest BCUT2D eigenvalue weighted by molar-refractivity contribution is 7.16. The van der Waals surface area contributed by atoms with Crippen molar-refractivity contribution in [1.29, 1.82) is 0 Å². The topological polar surface area (TPSA) is 62.3 Å². The van der Waals surface area contributed by atoms with Crippen LogP contribution >= 0.6 is 22.7 Å². The van der Waals surface area contributed by atoms with Gasteiger partial charge in [-0.2, -0.15) is 0 Å². The first-order chi connectivity index (χ1) is 13.1. The van der Waals surface area contributed by atoms with Crippen molar-refractivity contribution in [2.24, 2.45) is 0 Å². The Morgan fingerprint density at radius 1 is 1.22 bits per heavy atom. The number of thiophene rings is 1. The van der Waals surface area contributed by atoms with Crippen LogP contribution in [0.1, 0.15) is 31.2 Å². The summed E-state index contributed by atoms with van der Waals surface area (Å²) in [6.07, 6.45) is 1.11. The number of benzene rings is 1. The second-order valence-corrected chi connectivity index (χ2v) is 8.29. The summed E-state index contributed by atoms with van der Waals surface area (Å²) in [5.41, 5.74) is 3.01. The van der Waals surface area contributed by atoms with Crippen LogP contribution in [0.25, 0.3) is 10.6 Å². The van der Waals surface area contributed by atoms with Gasteiger partial charge in [-0.05, 0) is 29.5 Å². The fourth-order valence-corrected chi connectivity index (χ4v) is 4.88. The summed E-state index contributed by atoms with van der Waals surface area (Å²) in [6, 6.07) is 12.0. The van der Waals surface area contributed by atoms with Gasteiger partial charge in [-0.1, -0.05) is 24.3 Å². The molecule has 5 nitrogen and oxygen atoms in total. The van der Waals surface area contributed by atoms with Crippen LogP contribution in [0.2, 0.25) is 0 Å². The number of thiazole rings is 1. The molecule has 1 unspecified atom stereocenters. The quantitative estimate of drug-likeness (QED) is 0.676. The molecule has 0 fully saturated rings. The van der Waals surface area contributed by atoms with Crippen LogP contribution in [0, 0.1) is 0 Å². The lowest BCUT2D eigenvalue weighted by Crippen LogP contribution is -2.27. The molecule has 4 rings (SSSR count). The summed E-state index contributed by atoms with van der Waals surface area (Å²) in [5, 5.41) is 7.49. The fourth-order valence-electron chi connectivity index (χ4n) is 3.40. The summed E-state index contributed by atoms with van der Waals surface area (Å²) >= 11 is 3.07. The largest absolute Gasteiger partial charge is 0.312 e. The van der Waals surface area contributed by atoms with E-state index in [9.17, 15) is 9.59 Å². The zero-order valence-electron chi connectivity index (χ0n) is 14.8. The molecule has 0 saturated carbocycles. The molecule has 1 aromatic carbocycles. The highest BCUT2D eigenvalue weighted by atomic mass is 32.1. The molecule has 0 radical (unpaired) electrons. The van der Waals surface area contributed by atoms with E-state index >= 15 is 0 Å². The van der Waals surface area contributed by atoms with Crippen molar-refractivity contribution in [2.75, 3.05) is 16.8 Å². The summed E-state index contributed by atoms with van der Waals surface area (Å²) < 4.78 is 0. The third-order valence-corrected chi connectivity index (χ3v) is 6.34. The van der Waals surface area contributed by atoms with Crippen LogP contribution in [-0.4, -0.2) is 23.3 Å². The molecule has 0 aliphatic carbocycles. The van der Waals surface area contributed by atoms with E-state index in [2.05, 4.69) is 16.4 Å². The van der Waals surface area contributed by atoms with Crippen molar-refractivity contribution in [3.05, 3.63) is 52.7 Å². The van der Waals surface area contributed by atoms with Gasteiger partial charge in [0, 0.05) is 36.9 Å². The first-order valence-electron chi connectivity index (χ1n) is 8.78. The van der Waals surface area contributed by atoms with Gasteiger partial charge in [0.15, 0.2) is 5.13 Å². The molecule has 0 saturated heterocycles. The number of aromatic nitrogens is 1. The Labute approximate surface area is 165 Å². The molecule has 3 aromatic rings. The zero-order chi connectivity index (χ0) is 18.8. The molecule has 1 aliphatic heterocycles. The number of hydrogen-bond donors (Lipinski definition) is 1. The average Bonchev–Trinajstić information content (AvgIpc) is 3.39. The Morgan fingerprint density at radius 2 is 2.07 bits per heavy atom. The standard InChI is InChI=1S/C20H19N3O2S2/c1-13(24)23-11-14(15-5-2-3-6-17(15)23)8-9-19(25)22-20-21-16(12-27-20)18-7-4-10-26-18/h2-7,10,12,14H,8-9,11H2,1H3,(H,21,22,25). The summed E-state index contributed by atoms with van der Waals surface area (Å²) in [7, 11) is 0. The Hall–Kier alpha value is -2.51. The molecule has 27 heavy (non-hydrogen) atoms. The number of anilines is 2. The molecule has 7 heteroatoms. The molecule has 3 heterocycles. The van der Waals surface area contributed by atoms with Crippen LogP contribution in [0.15, 0.2) is 47.2 Å². The van der Waals surface area contributed by atoms with Crippen LogP contribution < -0.4 is 10.2 Å². The molecular formula is C20H19N3O2S2. The molecule has 138 valence electrons. The average molecular weight is 398 g/mol. The van der Waals surface area contributed by atoms with Crippen LogP contribution in [0.3, 0.4) is 0 Å². The van der Waals surface area contributed by atoms with Crippen molar-refractivity contribution < 1.29 is 9.59 Å². The molecule has 1 atom stereocenters. The second kappa shape index (κ2) is 7.62. The van der Waals surface area contributed by atoms with E-state index in [0.717, 1.165) is 21.8 Å². The summed E-state index contributed by atoms with van der Waals surface area (Å²) in [4.78, 5) is 31.6. The minimum atomic E-state index is -0.0409. The van der Waals surface area contributed by atoms with Crippen molar-refractivity contribution in [3.8, 4) is 10.6 Å². The normalized spacial score (nSPS) is 15.6. The van der Waals surface area contributed by atoms with Crippen LogP contribution in [0.5, 0.6) is 0 Å². The molecule has 2 aromatic heterocycles. The van der Waals surface area contributed by atoms with Gasteiger partial charge in [0.2, 0.25) is 11.8 Å². The molecule has 0 bridgehead atoms. The number of amides is 2. The maximum absolute atomic E-state index is 12.4. The van der Waals surface area contributed by atoms with E-state index in [-0.39, 0.29) is 17.7 Å². The van der Waals surface area contributed by atoms with Crippen LogP contribution in [0.4, 0.5) is 10.8 Å². The lowest BCUT2D eigenvalue weighted by Gasteiger charge is -2.15. The molecule has 1 aliphatic rings. The predicted octanol–water partition coefficient (Wildman–Crippen LogP) is 4.74. The van der Waals surface area contributed by atoms with Gasteiger partial charge < -0.3 is 10.2 Å². The van der Waals surface area contributed by atoms with Gasteiger partial charge in [0.25, 0.3) is 0 Å². The smallest absolute Gasteiger partial charge is 0.226 e. The predicted molar refractivity (Wildman–Crippen MR) is 111 cm³/mol. The van der Waals surface area contributed by atoms with E-state index in [1.165, 1.54) is 11.3 Å². The maximum atomic E-state index is 12.4. The van der Waals surface area contributed by atoms with Gasteiger partial charge in [0.05, 0.1) is 10.6 Å². The molecule has 0 spiro atoms. The third-order valence-electron chi connectivity index (χ3n) is 4.69. The Kier molecular flexibility index (Phi) is 5.05. The van der Waals surface area contributed by atoms with Crippen molar-refractivity contribution in [1.82, 2.24) is 4.98 Å². The lowest BCUT2D eigenvalue weighted by molar-refractivity contribution is -0.116. The van der Waals surface area contributed by atoms with E-state index in [1.54, 1.807) is 23.2 Å². The minimum absolute atomic E-state index is 0.0401. The third kappa shape index (κ3) is 3.79. The number of nitrogens with zero attached hydrogens (tertiary/aromatic N) is 2. The highest BCUT2D eigenvalue weighted by Crippen LogP contribution is 2.38. The van der Waals surface area contributed by atoms with E-state index in [4.69, 9.17) is 0 Å². The zero-order valence-corrected chi connectivity index (χ0v) is 16.5. The van der Waals surface area contributed by atoms with Crippen molar-refractivity contribution >= 4 is 45.3 Å². The van der Waals surface area contributed by atoms with E-state index < -0.39 is 0 Å². The first-order valence-corrected chi connectivity index (χ1v) is 10.5. The number of hydrogen-bond acceptors (Lipinski definition) is 5. The lowest BCUT2D eigenvalue weighted by atomic mass is 9.96.